The van der Waals surface area contributed by atoms with Gasteiger partial charge in [0.15, 0.2) is 0 Å². The second-order valence-electron chi connectivity index (χ2n) is 13.6. The van der Waals surface area contributed by atoms with E-state index in [9.17, 15) is 9.59 Å². The summed E-state index contributed by atoms with van der Waals surface area (Å²) in [6.45, 7) is 14.2. The number of methoxy groups -OCH3 is 1. The molecule has 1 atom stereocenters. The van der Waals surface area contributed by atoms with Gasteiger partial charge in [-0.05, 0) is 94.4 Å². The number of hydrogen-bond donors (Lipinski definition) is 0. The Kier molecular flexibility index (Phi) is 9.80. The highest BCUT2D eigenvalue weighted by Gasteiger charge is 2.51. The number of piperidine rings is 1. The summed E-state index contributed by atoms with van der Waals surface area (Å²) >= 11 is 0. The second kappa shape index (κ2) is 13.6. The van der Waals surface area contributed by atoms with Gasteiger partial charge in [0, 0.05) is 37.8 Å². The van der Waals surface area contributed by atoms with Crippen molar-refractivity contribution in [1.82, 2.24) is 19.8 Å². The molecule has 5 rings (SSSR count). The molecule has 2 aromatic carbocycles. The zero-order chi connectivity index (χ0) is 32.3. The van der Waals surface area contributed by atoms with Crippen LogP contribution in [0, 0.1) is 39.0 Å². The maximum absolute atomic E-state index is 14.4. The molecule has 2 fully saturated rings. The van der Waals surface area contributed by atoms with Gasteiger partial charge in [0.2, 0.25) is 5.88 Å². The number of rotatable bonds is 9. The molecule has 0 radical (unpaired) electrons. The third-order valence-corrected chi connectivity index (χ3v) is 9.60. The Morgan fingerprint density at radius 3 is 2.29 bits per heavy atom. The van der Waals surface area contributed by atoms with Crippen LogP contribution in [0.2, 0.25) is 0 Å². The van der Waals surface area contributed by atoms with Crippen molar-refractivity contribution < 1.29 is 20.5 Å². The number of nitrogens with zero attached hydrogens (tertiary/aromatic N) is 4. The standard InChI is InChI=1S/C37H48N4O4.H2/c1-24(2)18-30(23-45-33-20-32(38-28(6)39-33)34-26(4)11-9-12-27(34)5)41(35(42)29-13-8-10-25(3)19-29)31-21-37(22-31)14-16-40(17-15-37)36(43)44-7;/h8-13,19-20,24,30-31H,14-18,21-23H2,1-7H3;1H/t30-;/m1./s1. The molecule has 242 valence electrons. The average Bonchev–Trinajstić information content (AvgIpc) is 2.98. The van der Waals surface area contributed by atoms with Crippen LogP contribution in [0.15, 0.2) is 48.5 Å². The van der Waals surface area contributed by atoms with Gasteiger partial charge in [-0.15, -0.1) is 0 Å². The minimum Gasteiger partial charge on any atom is -0.475 e. The monoisotopic (exact) mass is 614 g/mol. The van der Waals surface area contributed by atoms with Gasteiger partial charge >= 0.3 is 6.09 Å². The van der Waals surface area contributed by atoms with E-state index in [1.165, 1.54) is 7.11 Å². The van der Waals surface area contributed by atoms with E-state index in [1.54, 1.807) is 4.90 Å². The number of carbonyl (C=O) groups excluding carboxylic acids is 2. The Bertz CT molecular complexity index is 1510. The van der Waals surface area contributed by atoms with E-state index in [4.69, 9.17) is 14.5 Å². The van der Waals surface area contributed by atoms with Crippen molar-refractivity contribution in [3.05, 3.63) is 76.6 Å². The molecule has 0 unspecified atom stereocenters. The first-order chi connectivity index (χ1) is 21.5. The summed E-state index contributed by atoms with van der Waals surface area (Å²) in [7, 11) is 1.44. The van der Waals surface area contributed by atoms with Crippen LogP contribution in [0.5, 0.6) is 5.88 Å². The first-order valence-corrected chi connectivity index (χ1v) is 16.3. The van der Waals surface area contributed by atoms with Crippen molar-refractivity contribution in [1.29, 1.82) is 0 Å². The molecule has 2 aliphatic rings. The second-order valence-corrected chi connectivity index (χ2v) is 13.6. The highest BCUT2D eigenvalue weighted by Crippen LogP contribution is 2.52. The molecule has 1 aliphatic carbocycles. The molecule has 1 aromatic heterocycles. The molecule has 0 N–H and O–H groups in total. The summed E-state index contributed by atoms with van der Waals surface area (Å²) in [4.78, 5) is 39.8. The minimum atomic E-state index is -0.258. The number of benzene rings is 2. The lowest BCUT2D eigenvalue weighted by Gasteiger charge is -2.56. The maximum Gasteiger partial charge on any atom is 0.409 e. The van der Waals surface area contributed by atoms with E-state index >= 15 is 0 Å². The van der Waals surface area contributed by atoms with Crippen LogP contribution < -0.4 is 4.74 Å². The molecular weight excluding hydrogens is 564 g/mol. The van der Waals surface area contributed by atoms with E-state index in [-0.39, 0.29) is 30.9 Å². The van der Waals surface area contributed by atoms with Crippen LogP contribution in [-0.4, -0.2) is 70.7 Å². The van der Waals surface area contributed by atoms with Gasteiger partial charge in [-0.1, -0.05) is 49.7 Å². The summed E-state index contributed by atoms with van der Waals surface area (Å²) in [5.41, 5.74) is 6.18. The fraction of sp³-hybridized carbons (Fsp3) is 0.514. The Morgan fingerprint density at radius 2 is 1.67 bits per heavy atom. The highest BCUT2D eigenvalue weighted by molar-refractivity contribution is 5.95. The minimum absolute atomic E-state index is 0. The smallest absolute Gasteiger partial charge is 0.409 e. The van der Waals surface area contributed by atoms with Crippen molar-refractivity contribution in [2.24, 2.45) is 11.3 Å². The Labute approximate surface area is 269 Å². The van der Waals surface area contributed by atoms with Gasteiger partial charge < -0.3 is 19.3 Å². The van der Waals surface area contributed by atoms with Crippen molar-refractivity contribution in [3.63, 3.8) is 0 Å². The summed E-state index contributed by atoms with van der Waals surface area (Å²) in [6.07, 6.45) is 4.27. The molecule has 8 heteroatoms. The fourth-order valence-corrected chi connectivity index (χ4v) is 7.34. The Balaban J connectivity index is 0.00000480. The third-order valence-electron chi connectivity index (χ3n) is 9.60. The zero-order valence-corrected chi connectivity index (χ0v) is 27.9. The van der Waals surface area contributed by atoms with Crippen molar-refractivity contribution in [2.75, 3.05) is 26.8 Å². The number of ether oxygens (including phenoxy) is 2. The average molecular weight is 615 g/mol. The topological polar surface area (TPSA) is 84.9 Å². The number of carbonyl (C=O) groups is 2. The molecule has 8 nitrogen and oxygen atoms in total. The van der Waals surface area contributed by atoms with Gasteiger partial charge in [0.25, 0.3) is 5.91 Å². The lowest BCUT2D eigenvalue weighted by Crippen LogP contribution is -2.60. The van der Waals surface area contributed by atoms with E-state index in [0.29, 0.717) is 42.9 Å². The van der Waals surface area contributed by atoms with Gasteiger partial charge in [-0.2, -0.15) is 4.98 Å². The van der Waals surface area contributed by atoms with Crippen molar-refractivity contribution in [2.45, 2.75) is 85.7 Å². The van der Waals surface area contributed by atoms with Crippen LogP contribution in [0.25, 0.3) is 11.3 Å². The van der Waals surface area contributed by atoms with Gasteiger partial charge in [0.1, 0.15) is 12.4 Å². The maximum atomic E-state index is 14.4. The molecule has 2 amide bonds. The molecule has 1 spiro atoms. The van der Waals surface area contributed by atoms with Crippen LogP contribution in [0.3, 0.4) is 0 Å². The van der Waals surface area contributed by atoms with Crippen molar-refractivity contribution in [3.8, 4) is 17.1 Å². The van der Waals surface area contributed by atoms with Gasteiger partial charge in [0.05, 0.1) is 18.8 Å². The molecule has 3 aromatic rings. The van der Waals surface area contributed by atoms with Crippen molar-refractivity contribution >= 4 is 12.0 Å². The number of aromatic nitrogens is 2. The Morgan fingerprint density at radius 1 is 1.00 bits per heavy atom. The molecule has 1 saturated heterocycles. The fourth-order valence-electron chi connectivity index (χ4n) is 7.34. The van der Waals surface area contributed by atoms with Crippen LogP contribution >= 0.6 is 0 Å². The summed E-state index contributed by atoms with van der Waals surface area (Å²) in [5.74, 6) is 1.59. The quantitative estimate of drug-likeness (QED) is 0.247. The van der Waals surface area contributed by atoms with E-state index in [0.717, 1.165) is 60.1 Å². The highest BCUT2D eigenvalue weighted by atomic mass is 16.5. The summed E-state index contributed by atoms with van der Waals surface area (Å²) in [5, 5.41) is 0. The molecule has 1 aliphatic heterocycles. The lowest BCUT2D eigenvalue weighted by atomic mass is 9.59. The normalized spacial score (nSPS) is 16.8. The third kappa shape index (κ3) is 7.32. The summed E-state index contributed by atoms with van der Waals surface area (Å²) < 4.78 is 11.4. The zero-order valence-electron chi connectivity index (χ0n) is 27.9. The predicted octanol–water partition coefficient (Wildman–Crippen LogP) is 7.57. The largest absolute Gasteiger partial charge is 0.475 e. The van der Waals surface area contributed by atoms with E-state index in [1.807, 2.05) is 44.2 Å². The first kappa shape index (κ1) is 32.5. The van der Waals surface area contributed by atoms with Crippen LogP contribution in [-0.2, 0) is 4.74 Å². The van der Waals surface area contributed by atoms with Crippen LogP contribution in [0.1, 0.15) is 80.3 Å². The van der Waals surface area contributed by atoms with E-state index < -0.39 is 0 Å². The summed E-state index contributed by atoms with van der Waals surface area (Å²) in [6, 6.07) is 16.0. The predicted molar refractivity (Wildman–Crippen MR) is 179 cm³/mol. The molecule has 0 bridgehead atoms. The Hall–Kier alpha value is -3.94. The molecule has 2 heterocycles. The number of amides is 2. The lowest BCUT2D eigenvalue weighted by molar-refractivity contribution is -0.0504. The van der Waals surface area contributed by atoms with Gasteiger partial charge in [-0.3, -0.25) is 4.79 Å². The number of hydrogen-bond acceptors (Lipinski definition) is 6. The number of aryl methyl sites for hydroxylation is 4. The number of likely N-dealkylation sites (tertiary alicyclic amines) is 1. The first-order valence-electron chi connectivity index (χ1n) is 16.3. The van der Waals surface area contributed by atoms with Gasteiger partial charge in [-0.25, -0.2) is 9.78 Å². The van der Waals surface area contributed by atoms with Crippen LogP contribution in [0.4, 0.5) is 4.79 Å². The molecule has 45 heavy (non-hydrogen) atoms. The SMILES string of the molecule is COC(=O)N1CCC2(CC1)CC(N(C(=O)c1cccc(C)c1)[C@@H](COc1cc(-c3c(C)cccc3C)nc(C)n1)CC(C)C)C2.[HH]. The molecule has 1 saturated carbocycles. The molecular formula is C37H50N4O4. The van der Waals surface area contributed by atoms with E-state index in [2.05, 4.69) is 55.8 Å².